The first-order valence-corrected chi connectivity index (χ1v) is 5.38. The van der Waals surface area contributed by atoms with E-state index in [1.165, 1.54) is 4.88 Å². The van der Waals surface area contributed by atoms with Gasteiger partial charge in [0.25, 0.3) is 0 Å². The Hall–Kier alpha value is -0.740. The highest BCUT2D eigenvalue weighted by Gasteiger charge is 2.08. The van der Waals surface area contributed by atoms with Crippen LogP contribution in [0.3, 0.4) is 0 Å². The number of hydrogen-bond donors (Lipinski definition) is 0. The summed E-state index contributed by atoms with van der Waals surface area (Å²) in [6.45, 7) is 4.49. The minimum atomic E-state index is 0.195. The van der Waals surface area contributed by atoms with Crippen molar-refractivity contribution in [3.63, 3.8) is 0 Å². The lowest BCUT2D eigenvalue weighted by Crippen LogP contribution is -2.05. The molecule has 0 saturated carbocycles. The third-order valence-electron chi connectivity index (χ3n) is 2.01. The predicted octanol–water partition coefficient (Wildman–Crippen LogP) is 1.91. The molecule has 0 aliphatic heterocycles. The number of aromatic nitrogens is 1. The third-order valence-corrected chi connectivity index (χ3v) is 3.08. The fraction of sp³-hybridized carbons (Fsp3) is 0.600. The molecule has 0 unspecified atom stereocenters. The van der Waals surface area contributed by atoms with E-state index in [2.05, 4.69) is 4.98 Å². The van der Waals surface area contributed by atoms with E-state index in [-0.39, 0.29) is 5.78 Å². The van der Waals surface area contributed by atoms with Gasteiger partial charge in [0, 0.05) is 18.4 Å². The Morgan fingerprint density at radius 2 is 2.21 bits per heavy atom. The summed E-state index contributed by atoms with van der Waals surface area (Å²) in [7, 11) is 1.60. The maximum Gasteiger partial charge on any atom is 0.141 e. The second-order valence-corrected chi connectivity index (χ2v) is 4.50. The number of ketones is 1. The molecule has 0 aliphatic carbocycles. The summed E-state index contributed by atoms with van der Waals surface area (Å²) in [4.78, 5) is 16.9. The summed E-state index contributed by atoms with van der Waals surface area (Å²) in [5.74, 6) is 0.195. The largest absolute Gasteiger partial charge is 0.384 e. The van der Waals surface area contributed by atoms with Crippen LogP contribution in [0, 0.1) is 13.8 Å². The number of hydrogen-bond acceptors (Lipinski definition) is 4. The number of ether oxygens (including phenoxy) is 1. The van der Waals surface area contributed by atoms with Crippen molar-refractivity contribution in [1.82, 2.24) is 4.98 Å². The zero-order valence-corrected chi connectivity index (χ0v) is 9.61. The van der Waals surface area contributed by atoms with Gasteiger partial charge in [-0.2, -0.15) is 0 Å². The number of Topliss-reactive ketones (excluding diaryl/α,β-unsaturated/α-hetero) is 1. The summed E-state index contributed by atoms with van der Waals surface area (Å²) in [5, 5.41) is 0.918. The minimum absolute atomic E-state index is 0.195. The van der Waals surface area contributed by atoms with E-state index in [0.717, 1.165) is 10.7 Å². The monoisotopic (exact) mass is 213 g/mol. The van der Waals surface area contributed by atoms with Crippen LogP contribution < -0.4 is 0 Å². The summed E-state index contributed by atoms with van der Waals surface area (Å²) in [6, 6.07) is 0. The van der Waals surface area contributed by atoms with E-state index in [4.69, 9.17) is 4.74 Å². The molecule has 14 heavy (non-hydrogen) atoms. The molecule has 0 fully saturated rings. The first kappa shape index (κ1) is 11.3. The van der Waals surface area contributed by atoms with Crippen molar-refractivity contribution in [2.75, 3.05) is 13.7 Å². The molecule has 1 aromatic rings. The molecule has 0 spiro atoms. The van der Waals surface area contributed by atoms with Crippen LogP contribution in [-0.2, 0) is 16.0 Å². The Kier molecular flexibility index (Phi) is 4.22. The predicted molar refractivity (Wildman–Crippen MR) is 56.8 cm³/mol. The number of carbonyl (C=O) groups is 1. The quantitative estimate of drug-likeness (QED) is 0.750. The number of rotatable bonds is 5. The number of aryl methyl sites for hydroxylation is 2. The first-order chi connectivity index (χ1) is 6.63. The van der Waals surface area contributed by atoms with Gasteiger partial charge in [0.05, 0.1) is 18.7 Å². The second kappa shape index (κ2) is 5.22. The maximum atomic E-state index is 11.4. The van der Waals surface area contributed by atoms with E-state index in [1.807, 2.05) is 13.8 Å². The van der Waals surface area contributed by atoms with Crippen molar-refractivity contribution >= 4 is 17.1 Å². The third kappa shape index (κ3) is 3.20. The van der Waals surface area contributed by atoms with Gasteiger partial charge >= 0.3 is 0 Å². The zero-order valence-electron chi connectivity index (χ0n) is 8.79. The SMILES string of the molecule is COCCC(=O)Cc1nc(C)c(C)s1. The van der Waals surface area contributed by atoms with Gasteiger partial charge in [-0.25, -0.2) is 4.98 Å². The van der Waals surface area contributed by atoms with Crippen LogP contribution in [0.2, 0.25) is 0 Å². The summed E-state index contributed by atoms with van der Waals surface area (Å²) in [6.07, 6.45) is 0.927. The van der Waals surface area contributed by atoms with Crippen LogP contribution in [0.4, 0.5) is 0 Å². The highest BCUT2D eigenvalue weighted by atomic mass is 32.1. The van der Waals surface area contributed by atoms with Crippen LogP contribution in [0.15, 0.2) is 0 Å². The van der Waals surface area contributed by atoms with Crippen molar-refractivity contribution in [3.8, 4) is 0 Å². The lowest BCUT2D eigenvalue weighted by atomic mass is 10.2. The van der Waals surface area contributed by atoms with E-state index in [0.29, 0.717) is 19.4 Å². The molecule has 0 N–H and O–H groups in total. The van der Waals surface area contributed by atoms with Gasteiger partial charge in [-0.15, -0.1) is 11.3 Å². The zero-order chi connectivity index (χ0) is 10.6. The summed E-state index contributed by atoms with van der Waals surface area (Å²) in [5.41, 5.74) is 1.03. The van der Waals surface area contributed by atoms with Gasteiger partial charge < -0.3 is 4.74 Å². The van der Waals surface area contributed by atoms with Gasteiger partial charge in [0.15, 0.2) is 0 Å². The highest BCUT2D eigenvalue weighted by Crippen LogP contribution is 2.17. The molecule has 0 aromatic carbocycles. The molecule has 4 heteroatoms. The van der Waals surface area contributed by atoms with Crippen LogP contribution in [0.1, 0.15) is 22.0 Å². The Morgan fingerprint density at radius 3 is 2.71 bits per heavy atom. The van der Waals surface area contributed by atoms with Crippen LogP contribution in [-0.4, -0.2) is 24.5 Å². The van der Waals surface area contributed by atoms with Crippen LogP contribution in [0.25, 0.3) is 0 Å². The van der Waals surface area contributed by atoms with Crippen LogP contribution >= 0.6 is 11.3 Å². The van der Waals surface area contributed by atoms with Crippen molar-refractivity contribution in [1.29, 1.82) is 0 Å². The van der Waals surface area contributed by atoms with Gasteiger partial charge in [-0.05, 0) is 13.8 Å². The molecule has 1 rings (SSSR count). The topological polar surface area (TPSA) is 39.2 Å². The summed E-state index contributed by atoms with van der Waals surface area (Å²) < 4.78 is 4.84. The fourth-order valence-electron chi connectivity index (χ4n) is 1.09. The molecule has 3 nitrogen and oxygen atoms in total. The van der Waals surface area contributed by atoms with Gasteiger partial charge in [0.1, 0.15) is 10.8 Å². The molecule has 0 bridgehead atoms. The summed E-state index contributed by atoms with van der Waals surface area (Å²) >= 11 is 1.60. The average Bonchev–Trinajstić information content (AvgIpc) is 2.42. The molecule has 0 atom stereocenters. The van der Waals surface area contributed by atoms with Crippen molar-refractivity contribution < 1.29 is 9.53 Å². The lowest BCUT2D eigenvalue weighted by Gasteiger charge is -1.96. The fourth-order valence-corrected chi connectivity index (χ4v) is 2.05. The van der Waals surface area contributed by atoms with Crippen molar-refractivity contribution in [3.05, 3.63) is 15.6 Å². The molecular formula is C10H15NO2S. The Balaban J connectivity index is 2.48. The first-order valence-electron chi connectivity index (χ1n) is 4.57. The average molecular weight is 213 g/mol. The smallest absolute Gasteiger partial charge is 0.141 e. The molecule has 0 radical (unpaired) electrons. The van der Waals surface area contributed by atoms with E-state index >= 15 is 0 Å². The van der Waals surface area contributed by atoms with Gasteiger partial charge in [0.2, 0.25) is 0 Å². The number of methoxy groups -OCH3 is 1. The molecule has 0 amide bonds. The Labute approximate surface area is 88.1 Å². The van der Waals surface area contributed by atoms with Gasteiger partial charge in [-0.1, -0.05) is 0 Å². The van der Waals surface area contributed by atoms with E-state index in [1.54, 1.807) is 18.4 Å². The molecule has 0 aliphatic rings. The normalized spacial score (nSPS) is 10.5. The van der Waals surface area contributed by atoms with Gasteiger partial charge in [-0.3, -0.25) is 4.79 Å². The highest BCUT2D eigenvalue weighted by molar-refractivity contribution is 7.11. The number of nitrogens with zero attached hydrogens (tertiary/aromatic N) is 1. The number of thiazole rings is 1. The molecule has 1 aromatic heterocycles. The molecular weight excluding hydrogens is 198 g/mol. The molecule has 1 heterocycles. The maximum absolute atomic E-state index is 11.4. The molecule has 0 saturated heterocycles. The van der Waals surface area contributed by atoms with Crippen LogP contribution in [0.5, 0.6) is 0 Å². The second-order valence-electron chi connectivity index (χ2n) is 3.21. The van der Waals surface area contributed by atoms with Crippen molar-refractivity contribution in [2.45, 2.75) is 26.7 Å². The lowest BCUT2D eigenvalue weighted by molar-refractivity contribution is -0.119. The Morgan fingerprint density at radius 1 is 1.50 bits per heavy atom. The van der Waals surface area contributed by atoms with E-state index < -0.39 is 0 Å². The van der Waals surface area contributed by atoms with Crippen molar-refractivity contribution in [2.24, 2.45) is 0 Å². The number of carbonyl (C=O) groups excluding carboxylic acids is 1. The standard InChI is InChI=1S/C10H15NO2S/c1-7-8(2)14-10(11-7)6-9(12)4-5-13-3/h4-6H2,1-3H3. The molecule has 78 valence electrons. The Bertz CT molecular complexity index is 300. The van der Waals surface area contributed by atoms with E-state index in [9.17, 15) is 4.79 Å². The minimum Gasteiger partial charge on any atom is -0.384 e.